The van der Waals surface area contributed by atoms with Gasteiger partial charge in [0.05, 0.1) is 10.9 Å². The Hall–Kier alpha value is -1.64. The van der Waals surface area contributed by atoms with Crippen molar-refractivity contribution in [1.82, 2.24) is 9.97 Å². The summed E-state index contributed by atoms with van der Waals surface area (Å²) < 4.78 is 0.754. The van der Waals surface area contributed by atoms with Crippen LogP contribution in [-0.4, -0.2) is 9.97 Å². The highest BCUT2D eigenvalue weighted by Crippen LogP contribution is 2.21. The number of aromatic nitrogens is 2. The van der Waals surface area contributed by atoms with E-state index in [1.807, 2.05) is 25.1 Å². The fourth-order valence-electron chi connectivity index (χ4n) is 1.32. The first-order valence-electron chi connectivity index (χ1n) is 4.91. The van der Waals surface area contributed by atoms with Gasteiger partial charge in [0.25, 0.3) is 0 Å². The zero-order valence-corrected chi connectivity index (χ0v) is 10.6. The van der Waals surface area contributed by atoms with Gasteiger partial charge in [-0.3, -0.25) is 0 Å². The van der Waals surface area contributed by atoms with Gasteiger partial charge in [-0.05, 0) is 25.1 Å². The van der Waals surface area contributed by atoms with E-state index in [0.29, 0.717) is 18.2 Å². The number of rotatable bonds is 3. The second kappa shape index (κ2) is 5.13. The number of halogens is 1. The first-order chi connectivity index (χ1) is 8.17. The topological polar surface area (TPSA) is 61.6 Å². The minimum atomic E-state index is 0.365. The summed E-state index contributed by atoms with van der Waals surface area (Å²) in [6.07, 6.45) is 0. The molecule has 0 spiro atoms. The molecule has 0 atom stereocenters. The predicted molar refractivity (Wildman–Crippen MR) is 68.1 cm³/mol. The molecular weight excluding hydrogens is 256 g/mol. The third-order valence-electron chi connectivity index (χ3n) is 2.02. The maximum absolute atomic E-state index is 8.79. The standard InChI is InChI=1S/C11H9ClN4S/c1-7-4-8(5-13)16-11(15-7)14-6-9-2-3-10(12)17-9/h2-4H,6H2,1H3,(H,14,15,16). The van der Waals surface area contributed by atoms with Gasteiger partial charge in [0.2, 0.25) is 5.95 Å². The second-order valence-electron chi connectivity index (χ2n) is 3.39. The number of aryl methyl sites for hydroxylation is 1. The van der Waals surface area contributed by atoms with Crippen molar-refractivity contribution in [3.05, 3.63) is 38.8 Å². The van der Waals surface area contributed by atoms with E-state index in [0.717, 1.165) is 14.9 Å². The Labute approximate surface area is 108 Å². The van der Waals surface area contributed by atoms with Crippen LogP contribution in [0.3, 0.4) is 0 Å². The van der Waals surface area contributed by atoms with E-state index in [9.17, 15) is 0 Å². The second-order valence-corrected chi connectivity index (χ2v) is 5.19. The van der Waals surface area contributed by atoms with Crippen molar-refractivity contribution in [1.29, 1.82) is 5.26 Å². The number of thiophene rings is 1. The van der Waals surface area contributed by atoms with Crippen molar-refractivity contribution < 1.29 is 0 Å². The highest BCUT2D eigenvalue weighted by Gasteiger charge is 2.02. The van der Waals surface area contributed by atoms with E-state index < -0.39 is 0 Å². The van der Waals surface area contributed by atoms with E-state index in [-0.39, 0.29) is 0 Å². The first kappa shape index (κ1) is 11.8. The minimum Gasteiger partial charge on any atom is -0.349 e. The van der Waals surface area contributed by atoms with Crippen LogP contribution in [0.25, 0.3) is 0 Å². The summed E-state index contributed by atoms with van der Waals surface area (Å²) in [6, 6.07) is 7.44. The normalized spacial score (nSPS) is 9.94. The molecule has 4 nitrogen and oxygen atoms in total. The molecule has 0 fully saturated rings. The van der Waals surface area contributed by atoms with E-state index >= 15 is 0 Å². The molecule has 0 saturated heterocycles. The Morgan fingerprint density at radius 2 is 2.29 bits per heavy atom. The lowest BCUT2D eigenvalue weighted by Crippen LogP contribution is -2.04. The van der Waals surface area contributed by atoms with E-state index in [1.54, 1.807) is 6.07 Å². The number of nitrogens with one attached hydrogen (secondary N) is 1. The van der Waals surface area contributed by atoms with Crippen LogP contribution in [-0.2, 0) is 6.54 Å². The lowest BCUT2D eigenvalue weighted by molar-refractivity contribution is 1.03. The smallest absolute Gasteiger partial charge is 0.224 e. The predicted octanol–water partition coefficient (Wildman–Crippen LogP) is 2.98. The summed E-state index contributed by atoms with van der Waals surface area (Å²) in [5.41, 5.74) is 1.13. The van der Waals surface area contributed by atoms with Crippen LogP contribution in [0.5, 0.6) is 0 Å². The Morgan fingerprint density at radius 3 is 2.94 bits per heavy atom. The van der Waals surface area contributed by atoms with Crippen molar-refractivity contribution >= 4 is 28.9 Å². The Morgan fingerprint density at radius 1 is 1.47 bits per heavy atom. The van der Waals surface area contributed by atoms with Crippen LogP contribution in [0.15, 0.2) is 18.2 Å². The first-order valence-corrected chi connectivity index (χ1v) is 6.10. The van der Waals surface area contributed by atoms with Crippen LogP contribution in [0.2, 0.25) is 4.34 Å². The van der Waals surface area contributed by atoms with Gasteiger partial charge in [-0.1, -0.05) is 11.6 Å². The van der Waals surface area contributed by atoms with Gasteiger partial charge in [-0.15, -0.1) is 11.3 Å². The van der Waals surface area contributed by atoms with Crippen LogP contribution in [0, 0.1) is 18.3 Å². The minimum absolute atomic E-state index is 0.365. The van der Waals surface area contributed by atoms with Crippen LogP contribution >= 0.6 is 22.9 Å². The Bertz CT molecular complexity index is 573. The molecule has 2 aromatic rings. The largest absolute Gasteiger partial charge is 0.349 e. The summed E-state index contributed by atoms with van der Waals surface area (Å²) in [6.45, 7) is 2.43. The summed E-state index contributed by atoms with van der Waals surface area (Å²) in [5, 5.41) is 11.9. The van der Waals surface area contributed by atoms with Gasteiger partial charge >= 0.3 is 0 Å². The van der Waals surface area contributed by atoms with Gasteiger partial charge in [0, 0.05) is 10.6 Å². The van der Waals surface area contributed by atoms with Crippen molar-refractivity contribution in [3.63, 3.8) is 0 Å². The lowest BCUT2D eigenvalue weighted by Gasteiger charge is -2.03. The zero-order valence-electron chi connectivity index (χ0n) is 9.07. The third-order valence-corrected chi connectivity index (χ3v) is 3.25. The van der Waals surface area contributed by atoms with Crippen molar-refractivity contribution in [3.8, 4) is 6.07 Å². The van der Waals surface area contributed by atoms with Gasteiger partial charge in [-0.2, -0.15) is 5.26 Å². The van der Waals surface area contributed by atoms with Gasteiger partial charge in [0.15, 0.2) is 0 Å². The molecule has 0 amide bonds. The summed E-state index contributed by atoms with van der Waals surface area (Å²) >= 11 is 7.33. The van der Waals surface area contributed by atoms with Gasteiger partial charge in [-0.25, -0.2) is 9.97 Å². The molecule has 0 aliphatic heterocycles. The summed E-state index contributed by atoms with van der Waals surface area (Å²) in [5.74, 6) is 0.464. The van der Waals surface area contributed by atoms with Crippen molar-refractivity contribution in [2.75, 3.05) is 5.32 Å². The molecule has 1 N–H and O–H groups in total. The molecule has 86 valence electrons. The molecule has 0 aromatic carbocycles. The maximum atomic E-state index is 8.79. The summed E-state index contributed by atoms with van der Waals surface area (Å²) in [7, 11) is 0. The molecule has 2 aromatic heterocycles. The van der Waals surface area contributed by atoms with Crippen LogP contribution in [0.4, 0.5) is 5.95 Å². The number of anilines is 1. The number of nitriles is 1. The molecule has 17 heavy (non-hydrogen) atoms. The highest BCUT2D eigenvalue weighted by atomic mass is 35.5. The number of hydrogen-bond donors (Lipinski definition) is 1. The average molecular weight is 265 g/mol. The molecule has 0 radical (unpaired) electrons. The third kappa shape index (κ3) is 3.16. The number of hydrogen-bond acceptors (Lipinski definition) is 5. The Kier molecular flexibility index (Phi) is 3.57. The van der Waals surface area contributed by atoms with Crippen molar-refractivity contribution in [2.24, 2.45) is 0 Å². The van der Waals surface area contributed by atoms with E-state index in [2.05, 4.69) is 15.3 Å². The maximum Gasteiger partial charge on any atom is 0.224 e. The number of nitrogens with zero attached hydrogens (tertiary/aromatic N) is 3. The van der Waals surface area contributed by atoms with Gasteiger partial charge in [0.1, 0.15) is 11.8 Å². The van der Waals surface area contributed by atoms with E-state index in [1.165, 1.54) is 11.3 Å². The average Bonchev–Trinajstić information content (AvgIpc) is 2.72. The molecule has 0 saturated carbocycles. The monoisotopic (exact) mass is 264 g/mol. The van der Waals surface area contributed by atoms with Crippen LogP contribution < -0.4 is 5.32 Å². The lowest BCUT2D eigenvalue weighted by atomic mass is 10.3. The molecule has 2 rings (SSSR count). The fourth-order valence-corrected chi connectivity index (χ4v) is 2.35. The van der Waals surface area contributed by atoms with Crippen LogP contribution in [0.1, 0.15) is 16.3 Å². The molecule has 0 unspecified atom stereocenters. The van der Waals surface area contributed by atoms with Gasteiger partial charge < -0.3 is 5.32 Å². The van der Waals surface area contributed by atoms with Crippen molar-refractivity contribution in [2.45, 2.75) is 13.5 Å². The highest BCUT2D eigenvalue weighted by molar-refractivity contribution is 7.16. The Balaban J connectivity index is 2.09. The fraction of sp³-hybridized carbons (Fsp3) is 0.182. The van der Waals surface area contributed by atoms with E-state index in [4.69, 9.17) is 16.9 Å². The molecular formula is C11H9ClN4S. The molecule has 2 heterocycles. The summed E-state index contributed by atoms with van der Waals surface area (Å²) in [4.78, 5) is 9.36. The zero-order chi connectivity index (χ0) is 12.3. The molecule has 0 aliphatic rings. The quantitative estimate of drug-likeness (QED) is 0.926. The molecule has 0 aliphatic carbocycles. The molecule has 0 bridgehead atoms. The molecule has 6 heteroatoms. The SMILES string of the molecule is Cc1cc(C#N)nc(NCc2ccc(Cl)s2)n1.